The van der Waals surface area contributed by atoms with Gasteiger partial charge in [-0.2, -0.15) is 0 Å². The van der Waals surface area contributed by atoms with Crippen LogP contribution in [-0.2, 0) is 10.2 Å². The summed E-state index contributed by atoms with van der Waals surface area (Å²) in [6, 6.07) is 0. The molecule has 27 heavy (non-hydrogen) atoms. The third kappa shape index (κ3) is 12.6. The average molecular weight is 418 g/mol. The molecule has 1 aromatic rings. The minimum Gasteiger partial charge on any atom is -0.381 e. The minimum atomic E-state index is 0.0471. The Hall–Kier alpha value is -0.400. The molecule has 1 rings (SSSR count). The Morgan fingerprint density at radius 3 is 1.96 bits per heavy atom. The summed E-state index contributed by atoms with van der Waals surface area (Å²) >= 11 is 10.7. The fourth-order valence-corrected chi connectivity index (χ4v) is 3.13. The van der Waals surface area contributed by atoms with Crippen LogP contribution in [0.4, 0.5) is 5.69 Å². The third-order valence-corrected chi connectivity index (χ3v) is 4.38. The van der Waals surface area contributed by atoms with Crippen LogP contribution < -0.4 is 11.1 Å². The molecule has 0 aromatic heterocycles. The van der Waals surface area contributed by atoms with E-state index in [1.54, 1.807) is 0 Å². The van der Waals surface area contributed by atoms with Gasteiger partial charge < -0.3 is 20.7 Å². The molecule has 0 saturated carbocycles. The van der Waals surface area contributed by atoms with E-state index in [1.165, 1.54) is 18.4 Å². The van der Waals surface area contributed by atoms with E-state index in [0.717, 1.165) is 47.5 Å². The van der Waals surface area contributed by atoms with E-state index >= 15 is 0 Å². The Morgan fingerprint density at radius 2 is 1.52 bits per heavy atom. The highest BCUT2D eigenvalue weighted by Crippen LogP contribution is 2.36. The highest BCUT2D eigenvalue weighted by molar-refractivity contribution is 7.74. The summed E-state index contributed by atoms with van der Waals surface area (Å²) in [4.78, 5) is 2.28. The van der Waals surface area contributed by atoms with Crippen LogP contribution in [-0.4, -0.2) is 51.3 Å². The maximum absolute atomic E-state index is 5.65. The van der Waals surface area contributed by atoms with Gasteiger partial charge in [-0.25, -0.2) is 0 Å². The topological polar surface area (TPSA) is 50.5 Å². The first-order valence-electron chi connectivity index (χ1n) is 10.2. The number of hydrogen-bond donors (Lipinski definition) is 2. The maximum Gasteiger partial charge on any atom is 0.0796 e. The summed E-state index contributed by atoms with van der Waals surface area (Å²) in [5, 5.41) is 3.38. The fraction of sp³-hybridized carbons (Fsp3) is 0.810. The normalized spacial score (nSPS) is 10.9. The first kappa shape index (κ1) is 28.8. The van der Waals surface area contributed by atoms with Gasteiger partial charge in [0.05, 0.1) is 27.9 Å². The Morgan fingerprint density at radius 1 is 1.00 bits per heavy atom. The summed E-state index contributed by atoms with van der Waals surface area (Å²) < 4.78 is 7.30. The summed E-state index contributed by atoms with van der Waals surface area (Å²) in [6.07, 6.45) is 2.43. The van der Waals surface area contributed by atoms with Crippen molar-refractivity contribution in [1.82, 2.24) is 4.90 Å². The second-order valence-corrected chi connectivity index (χ2v) is 8.43. The number of likely N-dealkylation sites (N-methyl/N-ethyl adjacent to an activating group) is 1. The lowest BCUT2D eigenvalue weighted by Gasteiger charge is -2.27. The number of anilines is 1. The van der Waals surface area contributed by atoms with Crippen LogP contribution in [0, 0.1) is 9.02 Å². The second-order valence-electron chi connectivity index (χ2n) is 7.62. The largest absolute Gasteiger partial charge is 0.381 e. The molecule has 0 unspecified atom stereocenters. The van der Waals surface area contributed by atoms with Crippen LogP contribution >= 0.6 is 24.4 Å². The lowest BCUT2D eigenvalue weighted by molar-refractivity contribution is 0.119. The van der Waals surface area contributed by atoms with E-state index in [-0.39, 0.29) is 5.41 Å². The van der Waals surface area contributed by atoms with E-state index in [2.05, 4.69) is 58.8 Å². The quantitative estimate of drug-likeness (QED) is 0.410. The molecule has 3 N–H and O–H groups in total. The molecule has 0 aliphatic heterocycles. The Labute approximate surface area is 178 Å². The van der Waals surface area contributed by atoms with Crippen LogP contribution in [0.1, 0.15) is 66.9 Å². The van der Waals surface area contributed by atoms with E-state index in [9.17, 15) is 0 Å². The first-order valence-corrected chi connectivity index (χ1v) is 11.0. The van der Waals surface area contributed by atoms with E-state index in [1.807, 2.05) is 6.92 Å². The van der Waals surface area contributed by atoms with E-state index in [4.69, 9.17) is 34.9 Å². The van der Waals surface area contributed by atoms with Gasteiger partial charge in [0, 0.05) is 18.7 Å². The number of nitrogens with one attached hydrogen (secondary N) is 1. The number of hydrogen-bond acceptors (Lipinski definition) is 6. The van der Waals surface area contributed by atoms with Gasteiger partial charge in [-0.15, -0.1) is 0 Å². The van der Waals surface area contributed by atoms with Crippen molar-refractivity contribution in [3.05, 3.63) is 14.6 Å². The first-order chi connectivity index (χ1) is 12.6. The summed E-state index contributed by atoms with van der Waals surface area (Å²) in [5.41, 5.74) is 7.13. The van der Waals surface area contributed by atoms with Gasteiger partial charge in [0.1, 0.15) is 0 Å². The number of ether oxygens (including phenoxy) is 1. The zero-order valence-electron chi connectivity index (χ0n) is 18.9. The summed E-state index contributed by atoms with van der Waals surface area (Å²) in [5.74, 6) is 0. The van der Waals surface area contributed by atoms with Gasteiger partial charge >= 0.3 is 0 Å². The zero-order valence-corrected chi connectivity index (χ0v) is 20.5. The average Bonchev–Trinajstić information content (AvgIpc) is 2.56. The summed E-state index contributed by atoms with van der Waals surface area (Å²) in [6.45, 7) is 19.9. The van der Waals surface area contributed by atoms with Crippen LogP contribution in [0.5, 0.6) is 0 Å². The molecule has 0 amide bonds. The van der Waals surface area contributed by atoms with Crippen molar-refractivity contribution in [3.63, 3.8) is 0 Å². The molecule has 160 valence electrons. The van der Waals surface area contributed by atoms with E-state index < -0.39 is 0 Å². The highest BCUT2D eigenvalue weighted by atomic mass is 32.1. The van der Waals surface area contributed by atoms with Crippen molar-refractivity contribution in [2.45, 2.75) is 66.7 Å². The van der Waals surface area contributed by atoms with Crippen molar-refractivity contribution in [2.24, 2.45) is 5.73 Å². The molecule has 1 aromatic carbocycles. The fourth-order valence-electron chi connectivity index (χ4n) is 2.34. The van der Waals surface area contributed by atoms with Crippen molar-refractivity contribution in [2.75, 3.05) is 51.8 Å². The predicted molar refractivity (Wildman–Crippen MR) is 127 cm³/mol. The molecule has 0 bridgehead atoms. The van der Waals surface area contributed by atoms with Gasteiger partial charge in [0.2, 0.25) is 0 Å². The lowest BCUT2D eigenvalue weighted by Crippen LogP contribution is -2.25. The van der Waals surface area contributed by atoms with Gasteiger partial charge in [-0.3, -0.25) is 0 Å². The molecule has 0 fully saturated rings. The van der Waals surface area contributed by atoms with Crippen molar-refractivity contribution >= 4 is 30.1 Å². The molecular formula is C21H43N3OS2. The van der Waals surface area contributed by atoms with Crippen LogP contribution in [0.3, 0.4) is 0 Å². The van der Waals surface area contributed by atoms with Crippen molar-refractivity contribution in [1.29, 1.82) is 0 Å². The standard InChI is InChI=1S/C16H28N2OS2.C3H8.C2H7N/c1-6-8-18(5)9-11-19-10-7-17-13-12(16(2,3)4)14(20)15(13)21;1-3-2;1-2-3/h17H,6-11H2,1-5H3;3H2,1-2H3;2-3H2,1H3. The van der Waals surface area contributed by atoms with Gasteiger partial charge in [-0.1, -0.05) is 79.3 Å². The number of nitrogens with zero attached hydrogens (tertiary/aromatic N) is 1. The molecule has 0 atom stereocenters. The van der Waals surface area contributed by atoms with Gasteiger partial charge in [0.15, 0.2) is 0 Å². The molecule has 0 spiro atoms. The molecule has 0 aliphatic rings. The second kappa shape index (κ2) is 16.5. The Bertz CT molecular complexity index is 544. The molecule has 0 aliphatic carbocycles. The monoisotopic (exact) mass is 417 g/mol. The molecule has 0 heterocycles. The smallest absolute Gasteiger partial charge is 0.0796 e. The molecule has 0 saturated heterocycles. The Balaban J connectivity index is 0. The predicted octanol–water partition coefficient (Wildman–Crippen LogP) is 5.47. The SMILES string of the molecule is CCC.CCCN(C)CCOCCNc1c(C(C)(C)C)c(=S)c1=S.CCN. The van der Waals surface area contributed by atoms with E-state index in [0.29, 0.717) is 6.61 Å². The third-order valence-electron chi connectivity index (χ3n) is 3.43. The van der Waals surface area contributed by atoms with Gasteiger partial charge in [0.25, 0.3) is 0 Å². The van der Waals surface area contributed by atoms with Crippen LogP contribution in [0.2, 0.25) is 0 Å². The van der Waals surface area contributed by atoms with Crippen LogP contribution in [0.25, 0.3) is 0 Å². The summed E-state index contributed by atoms with van der Waals surface area (Å²) in [7, 11) is 2.12. The molecule has 4 nitrogen and oxygen atoms in total. The number of nitrogens with two attached hydrogens (primary N) is 1. The maximum atomic E-state index is 5.65. The molecule has 6 heteroatoms. The molecular weight excluding hydrogens is 374 g/mol. The Kier molecular flexibility index (Phi) is 17.7. The van der Waals surface area contributed by atoms with Crippen molar-refractivity contribution < 1.29 is 4.74 Å². The highest BCUT2D eigenvalue weighted by Gasteiger charge is 2.25. The zero-order chi connectivity index (χ0) is 21.5. The number of rotatable bonds is 9. The molecule has 0 radical (unpaired) electrons. The van der Waals surface area contributed by atoms with Gasteiger partial charge in [-0.05, 0) is 32.0 Å². The van der Waals surface area contributed by atoms with Crippen LogP contribution in [0.15, 0.2) is 0 Å². The minimum absolute atomic E-state index is 0.0471. The lowest BCUT2D eigenvalue weighted by atomic mass is 9.83. The van der Waals surface area contributed by atoms with Crippen molar-refractivity contribution in [3.8, 4) is 0 Å².